The van der Waals surface area contributed by atoms with Gasteiger partial charge in [-0.25, -0.2) is 9.79 Å². The van der Waals surface area contributed by atoms with Gasteiger partial charge < -0.3 is 14.4 Å². The summed E-state index contributed by atoms with van der Waals surface area (Å²) in [5, 5.41) is 9.69. The van der Waals surface area contributed by atoms with Crippen LogP contribution in [0.15, 0.2) is 81.0 Å². The Labute approximate surface area is 196 Å². The van der Waals surface area contributed by atoms with Gasteiger partial charge >= 0.3 is 5.97 Å². The molecule has 4 rings (SSSR count). The predicted octanol–water partition coefficient (Wildman–Crippen LogP) is 4.81. The van der Waals surface area contributed by atoms with E-state index in [1.54, 1.807) is 35.2 Å². The fraction of sp³-hybridized carbons (Fsp3) is 0.160. The molecule has 2 heterocycles. The molecule has 1 aromatic heterocycles. The van der Waals surface area contributed by atoms with E-state index in [9.17, 15) is 9.59 Å². The van der Waals surface area contributed by atoms with Gasteiger partial charge in [0.05, 0.1) is 16.2 Å². The van der Waals surface area contributed by atoms with E-state index in [2.05, 4.69) is 4.99 Å². The number of likely N-dealkylation sites (N-methyl/N-ethyl adjacent to an activating group) is 1. The average molecular weight is 462 g/mol. The minimum atomic E-state index is -0.977. The van der Waals surface area contributed by atoms with E-state index < -0.39 is 5.97 Å². The number of nitrogens with zero attached hydrogens (tertiary/aromatic N) is 3. The topological polar surface area (TPSA) is 86.4 Å². The van der Waals surface area contributed by atoms with Crippen molar-refractivity contribution in [2.45, 2.75) is 0 Å². The summed E-state index contributed by atoms with van der Waals surface area (Å²) in [6.07, 6.45) is 1.72. The van der Waals surface area contributed by atoms with Crippen molar-refractivity contribution in [1.82, 2.24) is 9.80 Å². The minimum absolute atomic E-state index is 0.111. The predicted molar refractivity (Wildman–Crippen MR) is 130 cm³/mol. The molecular weight excluding hydrogens is 438 g/mol. The molecule has 1 N–H and O–H groups in total. The first-order valence-electron chi connectivity index (χ1n) is 10.3. The Balaban J connectivity index is 1.59. The van der Waals surface area contributed by atoms with Crippen molar-refractivity contribution < 1.29 is 19.1 Å². The van der Waals surface area contributed by atoms with E-state index in [0.717, 1.165) is 11.3 Å². The summed E-state index contributed by atoms with van der Waals surface area (Å²) in [7, 11) is 3.93. The van der Waals surface area contributed by atoms with Crippen molar-refractivity contribution in [2.75, 3.05) is 27.2 Å². The van der Waals surface area contributed by atoms with Crippen LogP contribution in [0.25, 0.3) is 17.4 Å². The van der Waals surface area contributed by atoms with Crippen LogP contribution in [0.5, 0.6) is 0 Å². The highest BCUT2D eigenvalue weighted by atomic mass is 32.2. The van der Waals surface area contributed by atoms with Crippen molar-refractivity contribution >= 4 is 40.6 Å². The molecule has 8 heteroatoms. The number of furan rings is 1. The molecule has 0 aliphatic carbocycles. The summed E-state index contributed by atoms with van der Waals surface area (Å²) in [5.74, 6) is 0.0452. The van der Waals surface area contributed by atoms with E-state index >= 15 is 0 Å². The lowest BCUT2D eigenvalue weighted by molar-refractivity contribution is -0.122. The number of aliphatic imine (C=N–C) groups is 1. The number of aromatic carboxylic acids is 1. The average Bonchev–Trinajstić information content (AvgIpc) is 3.38. The fourth-order valence-electron chi connectivity index (χ4n) is 3.19. The van der Waals surface area contributed by atoms with Gasteiger partial charge in [0.1, 0.15) is 11.5 Å². The monoisotopic (exact) mass is 461 g/mol. The van der Waals surface area contributed by atoms with Crippen molar-refractivity contribution in [1.29, 1.82) is 0 Å². The summed E-state index contributed by atoms with van der Waals surface area (Å²) in [6.45, 7) is 1.24. The molecule has 0 unspecified atom stereocenters. The van der Waals surface area contributed by atoms with Crippen LogP contribution in [0.2, 0.25) is 0 Å². The lowest BCUT2D eigenvalue weighted by Gasteiger charge is -2.18. The second kappa shape index (κ2) is 9.89. The molecule has 0 spiro atoms. The van der Waals surface area contributed by atoms with E-state index in [0.29, 0.717) is 34.7 Å². The van der Waals surface area contributed by atoms with E-state index in [4.69, 9.17) is 9.52 Å². The molecule has 168 valence electrons. The second-order valence-electron chi connectivity index (χ2n) is 7.69. The number of amides is 1. The normalized spacial score (nSPS) is 16.3. The van der Waals surface area contributed by atoms with Crippen LogP contribution in [0, 0.1) is 0 Å². The van der Waals surface area contributed by atoms with Crippen molar-refractivity contribution in [3.63, 3.8) is 0 Å². The van der Waals surface area contributed by atoms with Gasteiger partial charge in [-0.15, -0.1) is 0 Å². The molecule has 0 radical (unpaired) electrons. The lowest BCUT2D eigenvalue weighted by Crippen LogP contribution is -2.35. The molecule has 7 nitrogen and oxygen atoms in total. The number of hydrogen-bond donors (Lipinski definition) is 1. The Morgan fingerprint density at radius 3 is 2.48 bits per heavy atom. The van der Waals surface area contributed by atoms with Gasteiger partial charge in [-0.05, 0) is 62.3 Å². The van der Waals surface area contributed by atoms with Crippen LogP contribution in [-0.2, 0) is 4.79 Å². The second-order valence-corrected chi connectivity index (χ2v) is 8.69. The van der Waals surface area contributed by atoms with Crippen LogP contribution in [0.4, 0.5) is 5.69 Å². The minimum Gasteiger partial charge on any atom is -0.478 e. The number of carbonyl (C=O) groups excluding carboxylic acids is 1. The molecule has 1 aliphatic heterocycles. The Morgan fingerprint density at radius 1 is 1.09 bits per heavy atom. The van der Waals surface area contributed by atoms with Gasteiger partial charge in [0, 0.05) is 24.7 Å². The Hall–Kier alpha value is -3.62. The number of para-hydroxylation sites is 1. The molecule has 0 saturated carbocycles. The summed E-state index contributed by atoms with van der Waals surface area (Å²) in [4.78, 5) is 33.1. The van der Waals surface area contributed by atoms with Gasteiger partial charge in [-0.2, -0.15) is 0 Å². The van der Waals surface area contributed by atoms with Crippen LogP contribution in [-0.4, -0.2) is 59.1 Å². The zero-order valence-electron chi connectivity index (χ0n) is 18.3. The van der Waals surface area contributed by atoms with Crippen molar-refractivity contribution in [3.8, 4) is 11.3 Å². The highest BCUT2D eigenvalue weighted by Crippen LogP contribution is 2.35. The van der Waals surface area contributed by atoms with Crippen LogP contribution >= 0.6 is 11.8 Å². The third-order valence-corrected chi connectivity index (χ3v) is 5.96. The standard InChI is InChI=1S/C25H23N3O4S/c1-27(2)14-15-28-23(29)22(33-25(28)26-19-6-4-3-5-7-19)16-20-12-13-21(32-20)17-8-10-18(11-9-17)24(30)31/h3-13,16H,14-15H2,1-2H3,(H,30,31)/b22-16-,26-25?. The molecule has 1 amide bonds. The number of rotatable bonds is 7. The first kappa shape index (κ1) is 22.6. The van der Waals surface area contributed by atoms with E-state index in [1.165, 1.54) is 23.9 Å². The Kier molecular flexibility index (Phi) is 6.76. The molecule has 0 bridgehead atoms. The summed E-state index contributed by atoms with van der Waals surface area (Å²) in [5.41, 5.74) is 1.76. The molecule has 2 aromatic carbocycles. The van der Waals surface area contributed by atoms with Gasteiger partial charge in [0.15, 0.2) is 5.17 Å². The molecular formula is C25H23N3O4S. The van der Waals surface area contributed by atoms with Crippen LogP contribution in [0.3, 0.4) is 0 Å². The summed E-state index contributed by atoms with van der Waals surface area (Å²) >= 11 is 1.32. The molecule has 1 saturated heterocycles. The van der Waals surface area contributed by atoms with E-state index in [-0.39, 0.29) is 11.5 Å². The number of carboxylic acid groups (broad SMARTS) is 1. The third kappa shape index (κ3) is 5.42. The van der Waals surface area contributed by atoms with Crippen LogP contribution < -0.4 is 0 Å². The van der Waals surface area contributed by atoms with Gasteiger partial charge in [0.25, 0.3) is 5.91 Å². The quantitative estimate of drug-likeness (QED) is 0.508. The van der Waals surface area contributed by atoms with Crippen molar-refractivity contribution in [3.05, 3.63) is 83.0 Å². The molecule has 3 aromatic rings. The van der Waals surface area contributed by atoms with Gasteiger partial charge in [-0.3, -0.25) is 9.69 Å². The number of thioether (sulfide) groups is 1. The maximum absolute atomic E-state index is 13.1. The molecule has 1 aliphatic rings. The Bertz CT molecular complexity index is 1210. The third-order valence-electron chi connectivity index (χ3n) is 4.96. The first-order valence-corrected chi connectivity index (χ1v) is 11.2. The highest BCUT2D eigenvalue weighted by Gasteiger charge is 2.33. The SMILES string of the molecule is CN(C)CCN1C(=O)/C(=C/c2ccc(-c3ccc(C(=O)O)cc3)o2)SC1=Nc1ccccc1. The van der Waals surface area contributed by atoms with Gasteiger partial charge in [-0.1, -0.05) is 30.3 Å². The zero-order chi connectivity index (χ0) is 23.4. The number of carboxylic acids is 1. The molecule has 0 atom stereocenters. The maximum atomic E-state index is 13.1. The lowest BCUT2D eigenvalue weighted by atomic mass is 10.1. The fourth-order valence-corrected chi connectivity index (χ4v) is 4.20. The first-order chi connectivity index (χ1) is 15.9. The molecule has 1 fully saturated rings. The molecule has 33 heavy (non-hydrogen) atoms. The smallest absolute Gasteiger partial charge is 0.335 e. The van der Waals surface area contributed by atoms with E-state index in [1.807, 2.05) is 49.3 Å². The summed E-state index contributed by atoms with van der Waals surface area (Å²) in [6, 6.07) is 19.6. The summed E-state index contributed by atoms with van der Waals surface area (Å²) < 4.78 is 5.91. The van der Waals surface area contributed by atoms with Crippen molar-refractivity contribution in [2.24, 2.45) is 4.99 Å². The Morgan fingerprint density at radius 2 is 1.82 bits per heavy atom. The van der Waals surface area contributed by atoms with Gasteiger partial charge in [0.2, 0.25) is 0 Å². The number of carbonyl (C=O) groups is 2. The number of benzene rings is 2. The maximum Gasteiger partial charge on any atom is 0.335 e. The number of amidine groups is 1. The zero-order valence-corrected chi connectivity index (χ0v) is 19.1. The largest absolute Gasteiger partial charge is 0.478 e. The van der Waals surface area contributed by atoms with Crippen LogP contribution in [0.1, 0.15) is 16.1 Å². The number of hydrogen-bond acceptors (Lipinski definition) is 6. The highest BCUT2D eigenvalue weighted by molar-refractivity contribution is 8.18.